The lowest BCUT2D eigenvalue weighted by atomic mass is 9.64. The molecule has 1 aliphatic carbocycles. The summed E-state index contributed by atoms with van der Waals surface area (Å²) in [6.45, 7) is 0.850. The lowest BCUT2D eigenvalue weighted by molar-refractivity contribution is -0.286. The van der Waals surface area contributed by atoms with E-state index < -0.39 is 6.29 Å². The van der Waals surface area contributed by atoms with Gasteiger partial charge in [-0.15, -0.1) is 8.78 Å². The van der Waals surface area contributed by atoms with Crippen molar-refractivity contribution < 1.29 is 18.3 Å². The smallest absolute Gasteiger partial charge is 0.395 e. The average Bonchev–Trinajstić information content (AvgIpc) is 2.56. The van der Waals surface area contributed by atoms with Gasteiger partial charge in [-0.3, -0.25) is 0 Å². The van der Waals surface area contributed by atoms with Crippen molar-refractivity contribution in [2.24, 2.45) is 0 Å². The molecule has 0 saturated heterocycles. The molecule has 1 N–H and O–H groups in total. The van der Waals surface area contributed by atoms with Crippen molar-refractivity contribution in [2.45, 2.75) is 31.0 Å². The first-order chi connectivity index (χ1) is 8.55. The van der Waals surface area contributed by atoms with Crippen LogP contribution < -0.4 is 14.8 Å². The van der Waals surface area contributed by atoms with Crippen LogP contribution in [0.4, 0.5) is 8.78 Å². The van der Waals surface area contributed by atoms with Crippen LogP contribution in [0.3, 0.4) is 0 Å². The first-order valence-electron chi connectivity index (χ1n) is 6.10. The van der Waals surface area contributed by atoms with Crippen LogP contribution in [0.5, 0.6) is 11.5 Å². The van der Waals surface area contributed by atoms with Gasteiger partial charge in [0.2, 0.25) is 0 Å². The molecule has 0 aromatic heterocycles. The Morgan fingerprint density at radius 1 is 1.22 bits per heavy atom. The predicted octanol–water partition coefficient (Wildman–Crippen LogP) is 2.65. The van der Waals surface area contributed by atoms with Gasteiger partial charge in [-0.2, -0.15) is 0 Å². The fourth-order valence-electron chi connectivity index (χ4n) is 2.79. The molecule has 1 fully saturated rings. The van der Waals surface area contributed by atoms with Gasteiger partial charge in [0.1, 0.15) is 0 Å². The number of ether oxygens (including phenoxy) is 2. The van der Waals surface area contributed by atoms with Crippen molar-refractivity contribution in [1.29, 1.82) is 0 Å². The molecule has 0 bridgehead atoms. The summed E-state index contributed by atoms with van der Waals surface area (Å²) in [5.74, 6) is 0.252. The molecule has 0 radical (unpaired) electrons. The van der Waals surface area contributed by atoms with Gasteiger partial charge in [0.05, 0.1) is 0 Å². The number of fused-ring (bicyclic) bond motifs is 1. The molecule has 0 spiro atoms. The molecule has 1 saturated carbocycles. The van der Waals surface area contributed by atoms with E-state index in [9.17, 15) is 8.78 Å². The van der Waals surface area contributed by atoms with E-state index in [4.69, 9.17) is 0 Å². The molecule has 1 aromatic carbocycles. The Balaban J connectivity index is 1.92. The number of hydrogen-bond acceptors (Lipinski definition) is 3. The topological polar surface area (TPSA) is 30.5 Å². The van der Waals surface area contributed by atoms with Crippen molar-refractivity contribution >= 4 is 0 Å². The van der Waals surface area contributed by atoms with Crippen LogP contribution in [0.1, 0.15) is 24.8 Å². The second-order valence-electron chi connectivity index (χ2n) is 4.99. The Labute approximate surface area is 104 Å². The van der Waals surface area contributed by atoms with Crippen molar-refractivity contribution in [1.82, 2.24) is 5.32 Å². The lowest BCUT2D eigenvalue weighted by Crippen LogP contribution is -2.42. The molecule has 2 aliphatic rings. The second-order valence-corrected chi connectivity index (χ2v) is 4.99. The van der Waals surface area contributed by atoms with E-state index in [2.05, 4.69) is 14.8 Å². The van der Waals surface area contributed by atoms with Gasteiger partial charge in [-0.25, -0.2) is 0 Å². The minimum absolute atomic E-state index is 0.0605. The number of alkyl halides is 2. The fraction of sp³-hybridized carbons (Fsp3) is 0.538. The standard InChI is InChI=1S/C13H15F2NO2/c1-16-8-12(5-2-6-12)9-3-4-10-11(7-9)18-13(14,15)17-10/h3-4,7,16H,2,5-6,8H2,1H3. The molecule has 18 heavy (non-hydrogen) atoms. The molecule has 0 amide bonds. The van der Waals surface area contributed by atoms with Crippen LogP contribution >= 0.6 is 0 Å². The summed E-state index contributed by atoms with van der Waals surface area (Å²) in [6, 6.07) is 5.12. The highest BCUT2D eigenvalue weighted by atomic mass is 19.3. The molecular formula is C13H15F2NO2. The second kappa shape index (κ2) is 3.82. The third-order valence-electron chi connectivity index (χ3n) is 3.84. The summed E-state index contributed by atoms with van der Waals surface area (Å²) in [4.78, 5) is 0. The number of benzene rings is 1. The first kappa shape index (κ1) is 11.7. The SMILES string of the molecule is CNCC1(c2ccc3c(c2)OC(F)(F)O3)CCC1. The minimum atomic E-state index is -3.53. The Bertz CT molecular complexity index is 472. The maximum atomic E-state index is 13.0. The molecule has 1 aromatic rings. The molecule has 1 heterocycles. The number of halogens is 2. The van der Waals surface area contributed by atoms with Gasteiger partial charge in [-0.1, -0.05) is 12.5 Å². The van der Waals surface area contributed by atoms with Gasteiger partial charge in [-0.05, 0) is 37.6 Å². The highest BCUT2D eigenvalue weighted by molar-refractivity contribution is 5.48. The largest absolute Gasteiger partial charge is 0.586 e. The summed E-state index contributed by atoms with van der Waals surface area (Å²) >= 11 is 0. The van der Waals surface area contributed by atoms with Crippen LogP contribution in [0.25, 0.3) is 0 Å². The zero-order chi connectivity index (χ0) is 12.8. The third-order valence-corrected chi connectivity index (χ3v) is 3.84. The minimum Gasteiger partial charge on any atom is -0.395 e. The summed E-state index contributed by atoms with van der Waals surface area (Å²) in [7, 11) is 1.90. The zero-order valence-corrected chi connectivity index (χ0v) is 10.1. The Morgan fingerprint density at radius 2 is 1.94 bits per heavy atom. The normalized spacial score (nSPS) is 22.6. The maximum Gasteiger partial charge on any atom is 0.586 e. The van der Waals surface area contributed by atoms with E-state index in [0.717, 1.165) is 24.9 Å². The van der Waals surface area contributed by atoms with Crippen molar-refractivity contribution in [3.63, 3.8) is 0 Å². The van der Waals surface area contributed by atoms with Crippen LogP contribution in [0.2, 0.25) is 0 Å². The molecule has 5 heteroatoms. The average molecular weight is 255 g/mol. The highest BCUT2D eigenvalue weighted by Crippen LogP contribution is 2.48. The first-order valence-corrected chi connectivity index (χ1v) is 6.10. The van der Waals surface area contributed by atoms with E-state index in [-0.39, 0.29) is 16.9 Å². The van der Waals surface area contributed by atoms with Gasteiger partial charge < -0.3 is 14.8 Å². The number of rotatable bonds is 3. The van der Waals surface area contributed by atoms with E-state index >= 15 is 0 Å². The Kier molecular flexibility index (Phi) is 2.48. The van der Waals surface area contributed by atoms with Gasteiger partial charge in [0.15, 0.2) is 11.5 Å². The number of hydrogen-bond donors (Lipinski definition) is 1. The lowest BCUT2D eigenvalue weighted by Gasteiger charge is -2.42. The quantitative estimate of drug-likeness (QED) is 0.900. The maximum absolute atomic E-state index is 13.0. The van der Waals surface area contributed by atoms with Gasteiger partial charge in [0.25, 0.3) is 0 Å². The molecule has 3 rings (SSSR count). The Morgan fingerprint density at radius 3 is 2.56 bits per heavy atom. The van der Waals surface area contributed by atoms with Gasteiger partial charge in [0, 0.05) is 12.0 Å². The zero-order valence-electron chi connectivity index (χ0n) is 10.1. The van der Waals surface area contributed by atoms with E-state index in [1.807, 2.05) is 13.1 Å². The summed E-state index contributed by atoms with van der Waals surface area (Å²) in [6.07, 6.45) is -0.212. The van der Waals surface area contributed by atoms with Crippen molar-refractivity contribution in [3.05, 3.63) is 23.8 Å². The van der Waals surface area contributed by atoms with Crippen LogP contribution in [-0.4, -0.2) is 19.9 Å². The molecular weight excluding hydrogens is 240 g/mol. The summed E-state index contributed by atoms with van der Waals surface area (Å²) in [5.41, 5.74) is 1.11. The fourth-order valence-corrected chi connectivity index (χ4v) is 2.79. The third kappa shape index (κ3) is 1.73. The highest BCUT2D eigenvalue weighted by Gasteiger charge is 2.45. The molecule has 1 aliphatic heterocycles. The number of likely N-dealkylation sites (N-methyl/N-ethyl adjacent to an activating group) is 1. The van der Waals surface area contributed by atoms with Crippen LogP contribution in [-0.2, 0) is 5.41 Å². The number of nitrogens with one attached hydrogen (secondary N) is 1. The predicted molar refractivity (Wildman–Crippen MR) is 62.1 cm³/mol. The molecule has 3 nitrogen and oxygen atoms in total. The molecule has 0 atom stereocenters. The summed E-state index contributed by atoms with van der Waals surface area (Å²) in [5, 5.41) is 3.17. The van der Waals surface area contributed by atoms with Gasteiger partial charge >= 0.3 is 6.29 Å². The van der Waals surface area contributed by atoms with Crippen molar-refractivity contribution in [2.75, 3.05) is 13.6 Å². The van der Waals surface area contributed by atoms with Crippen LogP contribution in [0, 0.1) is 0 Å². The van der Waals surface area contributed by atoms with Crippen molar-refractivity contribution in [3.8, 4) is 11.5 Å². The van der Waals surface area contributed by atoms with E-state index in [1.165, 1.54) is 6.42 Å². The van der Waals surface area contributed by atoms with Crippen LogP contribution in [0.15, 0.2) is 18.2 Å². The summed E-state index contributed by atoms with van der Waals surface area (Å²) < 4.78 is 34.8. The van der Waals surface area contributed by atoms with E-state index in [0.29, 0.717) is 0 Å². The molecule has 98 valence electrons. The molecule has 0 unspecified atom stereocenters. The Hall–Kier alpha value is -1.36. The van der Waals surface area contributed by atoms with E-state index in [1.54, 1.807) is 12.1 Å². The monoisotopic (exact) mass is 255 g/mol.